The van der Waals surface area contributed by atoms with Gasteiger partial charge in [-0.05, 0) is 50.1 Å². The van der Waals surface area contributed by atoms with Crippen molar-refractivity contribution in [3.8, 4) is 16.3 Å². The monoisotopic (exact) mass is 470 g/mol. The van der Waals surface area contributed by atoms with Gasteiger partial charge in [-0.15, -0.1) is 21.5 Å². The van der Waals surface area contributed by atoms with E-state index in [-0.39, 0.29) is 0 Å². The predicted molar refractivity (Wildman–Crippen MR) is 128 cm³/mol. The van der Waals surface area contributed by atoms with Crippen molar-refractivity contribution in [3.63, 3.8) is 0 Å². The van der Waals surface area contributed by atoms with Crippen LogP contribution in [0.1, 0.15) is 29.6 Å². The maximum absolute atomic E-state index is 6.09. The molecule has 160 valence electrons. The molecule has 0 saturated heterocycles. The van der Waals surface area contributed by atoms with Gasteiger partial charge in [-0.3, -0.25) is 0 Å². The molecular weight excluding hydrogens is 448 g/mol. The summed E-state index contributed by atoms with van der Waals surface area (Å²) in [5.74, 6) is 2.32. The topological polar surface area (TPSA) is 52.8 Å². The Hall–Kier alpha value is -2.35. The van der Waals surface area contributed by atoms with Gasteiger partial charge in [0.1, 0.15) is 17.4 Å². The van der Waals surface area contributed by atoms with E-state index < -0.39 is 0 Å². The van der Waals surface area contributed by atoms with E-state index in [1.165, 1.54) is 11.1 Å². The molecule has 0 saturated carbocycles. The number of nitrogens with zero attached hydrogens (tertiary/aromatic N) is 4. The highest BCUT2D eigenvalue weighted by Crippen LogP contribution is 2.29. The lowest BCUT2D eigenvalue weighted by Gasteiger charge is -2.09. The Bertz CT molecular complexity index is 1190. The number of rotatable bonds is 8. The number of ether oxygens (including phenoxy) is 1. The molecule has 0 N–H and O–H groups in total. The molecule has 0 aliphatic carbocycles. The Morgan fingerprint density at radius 1 is 1.10 bits per heavy atom. The van der Waals surface area contributed by atoms with Crippen LogP contribution in [0.25, 0.3) is 10.6 Å². The number of aryl methyl sites for hydroxylation is 2. The first kappa shape index (κ1) is 21.9. The van der Waals surface area contributed by atoms with Gasteiger partial charge in [0.25, 0.3) is 0 Å². The highest BCUT2D eigenvalue weighted by Gasteiger charge is 2.14. The van der Waals surface area contributed by atoms with Crippen LogP contribution in [-0.4, -0.2) is 19.7 Å². The second kappa shape index (κ2) is 9.85. The zero-order valence-corrected chi connectivity index (χ0v) is 20.0. The molecule has 0 atom stereocenters. The van der Waals surface area contributed by atoms with Crippen molar-refractivity contribution >= 4 is 34.7 Å². The number of thiazole rings is 1. The third kappa shape index (κ3) is 5.11. The summed E-state index contributed by atoms with van der Waals surface area (Å²) in [6.07, 6.45) is 0. The fourth-order valence-corrected chi connectivity index (χ4v) is 5.20. The quantitative estimate of drug-likeness (QED) is 0.273. The van der Waals surface area contributed by atoms with E-state index in [9.17, 15) is 0 Å². The van der Waals surface area contributed by atoms with Crippen molar-refractivity contribution in [2.45, 2.75) is 44.8 Å². The molecule has 31 heavy (non-hydrogen) atoms. The van der Waals surface area contributed by atoms with Crippen LogP contribution in [0.15, 0.2) is 53.0 Å². The number of aromatic nitrogens is 4. The molecule has 0 bridgehead atoms. The largest absolute Gasteiger partial charge is 0.486 e. The zero-order chi connectivity index (χ0) is 21.8. The second-order valence-corrected chi connectivity index (χ2v) is 9.30. The van der Waals surface area contributed by atoms with Gasteiger partial charge in [0.05, 0.1) is 5.69 Å². The highest BCUT2D eigenvalue weighted by molar-refractivity contribution is 7.98. The highest BCUT2D eigenvalue weighted by atomic mass is 35.5. The third-order valence-corrected chi connectivity index (χ3v) is 7.23. The third-order valence-electron chi connectivity index (χ3n) is 4.88. The van der Waals surface area contributed by atoms with Crippen LogP contribution < -0.4 is 4.74 Å². The van der Waals surface area contributed by atoms with Crippen LogP contribution in [-0.2, 0) is 18.9 Å². The van der Waals surface area contributed by atoms with Gasteiger partial charge in [0.2, 0.25) is 0 Å². The maximum Gasteiger partial charge on any atom is 0.191 e. The lowest BCUT2D eigenvalue weighted by molar-refractivity contribution is 0.288. The average molecular weight is 471 g/mol. The Morgan fingerprint density at radius 2 is 1.94 bits per heavy atom. The van der Waals surface area contributed by atoms with E-state index in [1.54, 1.807) is 23.1 Å². The summed E-state index contributed by atoms with van der Waals surface area (Å²) in [4.78, 5) is 4.81. The van der Waals surface area contributed by atoms with E-state index in [0.717, 1.165) is 50.3 Å². The molecule has 0 aliphatic rings. The van der Waals surface area contributed by atoms with Crippen molar-refractivity contribution in [1.29, 1.82) is 0 Å². The molecule has 2 aromatic carbocycles. The molecule has 4 rings (SSSR count). The van der Waals surface area contributed by atoms with E-state index in [1.807, 2.05) is 25.1 Å². The van der Waals surface area contributed by atoms with Crippen LogP contribution in [0.3, 0.4) is 0 Å². The zero-order valence-electron chi connectivity index (χ0n) is 17.6. The summed E-state index contributed by atoms with van der Waals surface area (Å²) in [5.41, 5.74) is 4.47. The van der Waals surface area contributed by atoms with Crippen LogP contribution in [0.5, 0.6) is 5.75 Å². The minimum Gasteiger partial charge on any atom is -0.486 e. The van der Waals surface area contributed by atoms with Crippen molar-refractivity contribution < 1.29 is 4.74 Å². The van der Waals surface area contributed by atoms with Gasteiger partial charge in [-0.2, -0.15) is 0 Å². The number of hydrogen-bond acceptors (Lipinski definition) is 6. The minimum atomic E-state index is 0.358. The van der Waals surface area contributed by atoms with Crippen molar-refractivity contribution in [2.75, 3.05) is 0 Å². The summed E-state index contributed by atoms with van der Waals surface area (Å²) in [6, 6.07) is 14.0. The Labute approximate surface area is 195 Å². The first-order chi connectivity index (χ1) is 15.0. The predicted octanol–water partition coefficient (Wildman–Crippen LogP) is 6.56. The standard InChI is InChI=1S/C23H23ClN4OS2/c1-4-28-21(12-29-18-9-10-20(24)16(3)11-18)26-27-23(28)31-14-17-13-30-22(25-17)19-8-6-5-7-15(19)2/h5-11,13H,4,12,14H2,1-3H3. The molecule has 4 aromatic rings. The SMILES string of the molecule is CCn1c(COc2ccc(Cl)c(C)c2)nnc1SCc1csc(-c2ccccc2C)n1. The molecular formula is C23H23ClN4OS2. The maximum atomic E-state index is 6.09. The molecule has 0 aliphatic heterocycles. The van der Waals surface area contributed by atoms with Gasteiger partial charge in [0, 0.05) is 28.3 Å². The van der Waals surface area contributed by atoms with Gasteiger partial charge >= 0.3 is 0 Å². The van der Waals surface area contributed by atoms with Gasteiger partial charge in [0.15, 0.2) is 11.0 Å². The number of hydrogen-bond donors (Lipinski definition) is 0. The van der Waals surface area contributed by atoms with Gasteiger partial charge in [-0.1, -0.05) is 47.6 Å². The molecule has 2 aromatic heterocycles. The number of halogens is 1. The van der Waals surface area contributed by atoms with Crippen LogP contribution >= 0.6 is 34.7 Å². The van der Waals surface area contributed by atoms with Crippen LogP contribution in [0, 0.1) is 13.8 Å². The molecule has 8 heteroatoms. The summed E-state index contributed by atoms with van der Waals surface area (Å²) in [7, 11) is 0. The normalized spacial score (nSPS) is 11.1. The summed E-state index contributed by atoms with van der Waals surface area (Å²) in [5, 5.41) is 13.5. The number of benzene rings is 2. The molecule has 0 unspecified atom stereocenters. The van der Waals surface area contributed by atoms with E-state index in [2.05, 4.69) is 58.3 Å². The van der Waals surface area contributed by atoms with E-state index >= 15 is 0 Å². The minimum absolute atomic E-state index is 0.358. The van der Waals surface area contributed by atoms with E-state index in [0.29, 0.717) is 6.61 Å². The Balaban J connectivity index is 1.41. The first-order valence-electron chi connectivity index (χ1n) is 9.99. The fourth-order valence-electron chi connectivity index (χ4n) is 3.15. The van der Waals surface area contributed by atoms with Crippen molar-refractivity contribution in [3.05, 3.63) is 75.5 Å². The molecule has 0 radical (unpaired) electrons. The van der Waals surface area contributed by atoms with Crippen LogP contribution in [0.4, 0.5) is 0 Å². The molecule has 0 spiro atoms. The summed E-state index contributed by atoms with van der Waals surface area (Å²) in [6.45, 7) is 7.30. The summed E-state index contributed by atoms with van der Waals surface area (Å²) >= 11 is 9.41. The van der Waals surface area contributed by atoms with E-state index in [4.69, 9.17) is 21.3 Å². The smallest absolute Gasteiger partial charge is 0.191 e. The molecule has 2 heterocycles. The van der Waals surface area contributed by atoms with Gasteiger partial charge < -0.3 is 9.30 Å². The molecule has 5 nitrogen and oxygen atoms in total. The Morgan fingerprint density at radius 3 is 2.71 bits per heavy atom. The van der Waals surface area contributed by atoms with Crippen molar-refractivity contribution in [2.24, 2.45) is 0 Å². The van der Waals surface area contributed by atoms with Crippen molar-refractivity contribution in [1.82, 2.24) is 19.7 Å². The lowest BCUT2D eigenvalue weighted by Crippen LogP contribution is -2.07. The summed E-state index contributed by atoms with van der Waals surface area (Å²) < 4.78 is 7.99. The number of thioether (sulfide) groups is 1. The van der Waals surface area contributed by atoms with Crippen LogP contribution in [0.2, 0.25) is 5.02 Å². The second-order valence-electron chi connectivity index (χ2n) is 7.09. The first-order valence-corrected chi connectivity index (χ1v) is 12.2. The lowest BCUT2D eigenvalue weighted by atomic mass is 10.1. The van der Waals surface area contributed by atoms with Gasteiger partial charge in [-0.25, -0.2) is 4.98 Å². The molecule has 0 fully saturated rings. The fraction of sp³-hybridized carbons (Fsp3) is 0.261. The molecule has 0 amide bonds. The average Bonchev–Trinajstić information content (AvgIpc) is 3.40. The Kier molecular flexibility index (Phi) is 6.95.